The number of ether oxygens (including phenoxy) is 1. The van der Waals surface area contributed by atoms with E-state index in [2.05, 4.69) is 11.2 Å². The van der Waals surface area contributed by atoms with Crippen molar-refractivity contribution in [1.82, 2.24) is 4.31 Å². The average molecular weight is 565 g/mol. The molecule has 1 saturated heterocycles. The number of alkyl halides is 6. The molecule has 1 aliphatic heterocycles. The maximum atomic E-state index is 13.0. The third-order valence-electron chi connectivity index (χ3n) is 5.68. The molecular weight excluding hydrogens is 538 g/mol. The summed E-state index contributed by atoms with van der Waals surface area (Å²) in [6.07, 6.45) is -11.8. The fourth-order valence-electron chi connectivity index (χ4n) is 3.56. The van der Waals surface area contributed by atoms with Crippen molar-refractivity contribution in [2.24, 2.45) is 0 Å². The van der Waals surface area contributed by atoms with Gasteiger partial charge in [0.25, 0.3) is 5.60 Å². The Bertz CT molecular complexity index is 1080. The lowest BCUT2D eigenvalue weighted by atomic mass is 9.92. The molecule has 12 heteroatoms. The molecule has 0 spiro atoms. The first-order valence-electron chi connectivity index (χ1n) is 11.1. The topological polar surface area (TPSA) is 35.9 Å². The van der Waals surface area contributed by atoms with E-state index in [1.165, 1.54) is 17.7 Å². The fourth-order valence-corrected chi connectivity index (χ4v) is 5.40. The first-order chi connectivity index (χ1) is 17.3. The normalized spacial score (nSPS) is 15.2. The van der Waals surface area contributed by atoms with Gasteiger partial charge in [-0.2, -0.15) is 26.3 Å². The zero-order chi connectivity index (χ0) is 27.3. The molecule has 0 aliphatic carbocycles. The highest BCUT2D eigenvalue weighted by Crippen LogP contribution is 2.50. The second-order valence-electron chi connectivity index (χ2n) is 8.21. The lowest BCUT2D eigenvalue weighted by molar-refractivity contribution is -0.376. The smallest absolute Gasteiger partial charge is 0.430 e. The molecule has 0 amide bonds. The van der Waals surface area contributed by atoms with E-state index >= 15 is 0 Å². The van der Waals surface area contributed by atoms with E-state index < -0.39 is 23.5 Å². The molecule has 1 aromatic heterocycles. The number of thiophene rings is 1. The van der Waals surface area contributed by atoms with Crippen LogP contribution < -0.4 is 9.64 Å². The minimum Gasteiger partial charge on any atom is -0.497 e. The molecule has 2 heterocycles. The van der Waals surface area contributed by atoms with Crippen LogP contribution in [0.25, 0.3) is 0 Å². The van der Waals surface area contributed by atoms with Crippen molar-refractivity contribution in [2.75, 3.05) is 38.2 Å². The van der Waals surface area contributed by atoms with Crippen molar-refractivity contribution >= 4 is 29.0 Å². The SMILES string of the molecule is COc1ccc(C)cc1.OC(c1ccc(N2CCN(Sc3cccs3)CC2)cc1)(C(F)(F)F)C(F)(F)F. The summed E-state index contributed by atoms with van der Waals surface area (Å²) in [5.41, 5.74) is -4.37. The number of anilines is 1. The molecule has 4 rings (SSSR count). The molecule has 3 aromatic rings. The molecule has 4 nitrogen and oxygen atoms in total. The highest BCUT2D eigenvalue weighted by atomic mass is 32.2. The number of methoxy groups -OCH3 is 1. The van der Waals surface area contributed by atoms with Crippen LogP contribution in [-0.2, 0) is 5.60 Å². The lowest BCUT2D eigenvalue weighted by Crippen LogP contribution is -2.53. The minimum absolute atomic E-state index is 0.510. The molecule has 0 atom stereocenters. The van der Waals surface area contributed by atoms with E-state index in [1.54, 1.807) is 30.4 Å². The largest absolute Gasteiger partial charge is 0.497 e. The van der Waals surface area contributed by atoms with E-state index in [4.69, 9.17) is 4.74 Å². The van der Waals surface area contributed by atoms with Gasteiger partial charge in [0.1, 0.15) is 5.75 Å². The number of nitrogens with zero attached hydrogens (tertiary/aromatic N) is 2. The molecule has 1 aliphatic rings. The molecular formula is C25H26F6N2O2S2. The van der Waals surface area contributed by atoms with Gasteiger partial charge < -0.3 is 14.7 Å². The van der Waals surface area contributed by atoms with E-state index in [9.17, 15) is 31.4 Å². The van der Waals surface area contributed by atoms with E-state index in [-0.39, 0.29) is 0 Å². The number of benzene rings is 2. The van der Waals surface area contributed by atoms with Crippen LogP contribution in [0, 0.1) is 6.92 Å². The monoisotopic (exact) mass is 564 g/mol. The molecule has 0 unspecified atom stereocenters. The molecule has 0 bridgehead atoms. The van der Waals surface area contributed by atoms with Crippen LogP contribution in [0.2, 0.25) is 0 Å². The molecule has 202 valence electrons. The third-order valence-corrected chi connectivity index (χ3v) is 7.79. The summed E-state index contributed by atoms with van der Waals surface area (Å²) in [4.78, 5) is 1.88. The summed E-state index contributed by atoms with van der Waals surface area (Å²) in [5.74, 6) is 0.917. The van der Waals surface area contributed by atoms with Gasteiger partial charge in [0.05, 0.1) is 11.3 Å². The molecule has 2 aromatic carbocycles. The van der Waals surface area contributed by atoms with Crippen molar-refractivity contribution in [3.63, 3.8) is 0 Å². The molecule has 0 saturated carbocycles. The van der Waals surface area contributed by atoms with Crippen molar-refractivity contribution in [1.29, 1.82) is 0 Å². The number of piperazine rings is 1. The summed E-state index contributed by atoms with van der Waals surface area (Å²) in [6.45, 7) is 4.61. The van der Waals surface area contributed by atoms with E-state index in [0.29, 0.717) is 44.0 Å². The van der Waals surface area contributed by atoms with Crippen molar-refractivity contribution in [3.05, 3.63) is 77.2 Å². The maximum absolute atomic E-state index is 13.0. The first kappa shape index (κ1) is 29.2. The van der Waals surface area contributed by atoms with Gasteiger partial charge in [0.2, 0.25) is 0 Å². The minimum atomic E-state index is -5.88. The van der Waals surface area contributed by atoms with Gasteiger partial charge in [-0.3, -0.25) is 0 Å². The highest BCUT2D eigenvalue weighted by molar-refractivity contribution is 7.98. The van der Waals surface area contributed by atoms with E-state index in [0.717, 1.165) is 9.96 Å². The Morgan fingerprint density at radius 1 is 0.838 bits per heavy atom. The van der Waals surface area contributed by atoms with Crippen LogP contribution >= 0.6 is 23.3 Å². The number of aliphatic hydroxyl groups is 1. The van der Waals surface area contributed by atoms with Gasteiger partial charge in [-0.1, -0.05) is 35.9 Å². The summed E-state index contributed by atoms with van der Waals surface area (Å²) in [7, 11) is 1.67. The number of hydrogen-bond acceptors (Lipinski definition) is 6. The Hall–Kier alpha value is -2.41. The van der Waals surface area contributed by atoms with Crippen molar-refractivity contribution in [2.45, 2.75) is 29.1 Å². The Labute approximate surface area is 219 Å². The Morgan fingerprint density at radius 2 is 1.41 bits per heavy atom. The predicted molar refractivity (Wildman–Crippen MR) is 134 cm³/mol. The summed E-state index contributed by atoms with van der Waals surface area (Å²) in [6, 6.07) is 15.6. The lowest BCUT2D eigenvalue weighted by Gasteiger charge is -2.36. The summed E-state index contributed by atoms with van der Waals surface area (Å²) in [5, 5.41) is 11.4. The third kappa shape index (κ3) is 7.13. The number of rotatable bonds is 5. The number of aryl methyl sites for hydroxylation is 1. The highest BCUT2D eigenvalue weighted by Gasteiger charge is 2.71. The van der Waals surface area contributed by atoms with Gasteiger partial charge in [0.15, 0.2) is 0 Å². The molecule has 37 heavy (non-hydrogen) atoms. The first-order valence-corrected chi connectivity index (χ1v) is 12.8. The maximum Gasteiger partial charge on any atom is 0.430 e. The van der Waals surface area contributed by atoms with Gasteiger partial charge >= 0.3 is 12.4 Å². The Morgan fingerprint density at radius 3 is 1.86 bits per heavy atom. The van der Waals surface area contributed by atoms with Crippen LogP contribution in [0.1, 0.15) is 11.1 Å². The predicted octanol–water partition coefficient (Wildman–Crippen LogP) is 6.89. The molecule has 1 fully saturated rings. The van der Waals surface area contributed by atoms with Crippen LogP contribution in [0.3, 0.4) is 0 Å². The van der Waals surface area contributed by atoms with Gasteiger partial charge in [-0.15, -0.1) is 11.3 Å². The van der Waals surface area contributed by atoms with Crippen molar-refractivity contribution < 1.29 is 36.2 Å². The van der Waals surface area contributed by atoms with E-state index in [1.807, 2.05) is 46.7 Å². The van der Waals surface area contributed by atoms with Crippen LogP contribution in [-0.4, -0.2) is 55.1 Å². The Balaban J connectivity index is 0.000000356. The summed E-state index contributed by atoms with van der Waals surface area (Å²) < 4.78 is 86.0. The second kappa shape index (κ2) is 12.0. The fraction of sp³-hybridized carbons (Fsp3) is 0.360. The van der Waals surface area contributed by atoms with Crippen LogP contribution in [0.4, 0.5) is 32.0 Å². The van der Waals surface area contributed by atoms with Crippen LogP contribution in [0.5, 0.6) is 5.75 Å². The van der Waals surface area contributed by atoms with Crippen molar-refractivity contribution in [3.8, 4) is 5.75 Å². The average Bonchev–Trinajstić information content (AvgIpc) is 3.37. The van der Waals surface area contributed by atoms with Gasteiger partial charge in [0, 0.05) is 37.4 Å². The zero-order valence-corrected chi connectivity index (χ0v) is 21.6. The quantitative estimate of drug-likeness (QED) is 0.270. The second-order valence-corrected chi connectivity index (χ2v) is 10.6. The molecule has 0 radical (unpaired) electrons. The van der Waals surface area contributed by atoms with Gasteiger partial charge in [-0.05, 0) is 54.6 Å². The number of hydrogen-bond donors (Lipinski definition) is 1. The summed E-state index contributed by atoms with van der Waals surface area (Å²) >= 11 is 3.24. The standard InChI is InChI=1S/C17H16F6N2OS2.C8H10O/c18-16(19,20)15(26,17(21,22)23)12-3-5-13(6-4-12)24-7-9-25(10-8-24)28-14-2-1-11-27-14;1-7-3-5-8(9-2)6-4-7/h1-6,11,26H,7-10H2;3-6H,1-2H3. The van der Waals surface area contributed by atoms with Gasteiger partial charge in [-0.25, -0.2) is 4.31 Å². The Kier molecular flexibility index (Phi) is 9.43. The number of halogens is 6. The molecule has 1 N–H and O–H groups in total. The van der Waals surface area contributed by atoms with Crippen LogP contribution in [0.15, 0.2) is 70.3 Å². The zero-order valence-electron chi connectivity index (χ0n) is 20.0.